The smallest absolute Gasteiger partial charge is 0.137 e. The van der Waals surface area contributed by atoms with E-state index in [-0.39, 0.29) is 17.2 Å². The van der Waals surface area contributed by atoms with Crippen molar-refractivity contribution in [3.8, 4) is 17.1 Å². The highest BCUT2D eigenvalue weighted by molar-refractivity contribution is 5.78. The maximum Gasteiger partial charge on any atom is 0.137 e. The number of nitrogens with one attached hydrogen (secondary N) is 1. The van der Waals surface area contributed by atoms with Crippen LogP contribution in [0.25, 0.3) is 22.3 Å². The SMILES string of the molecule is Cc1cnc(-c2ccc(OCc3ccc4cc(F)ccc4n3)cc2C(c2ccccc2)C(C)(C)C)[nH]1. The molecule has 5 rings (SSSR count). The summed E-state index contributed by atoms with van der Waals surface area (Å²) in [6.07, 6.45) is 1.86. The van der Waals surface area contributed by atoms with Gasteiger partial charge in [-0.1, -0.05) is 57.2 Å². The third-order valence-corrected chi connectivity index (χ3v) is 6.39. The van der Waals surface area contributed by atoms with Crippen LogP contribution in [0.4, 0.5) is 4.39 Å². The number of fused-ring (bicyclic) bond motifs is 1. The standard InChI is InChI=1S/C31H30FN3O/c1-20-18-33-30(34-20)26-14-13-25(17-27(26)29(31(2,3)4)21-8-6-5-7-9-21)36-19-24-12-10-22-16-23(32)11-15-28(22)35-24/h5-18,29H,19H2,1-4H3,(H,33,34). The number of H-pyrrole nitrogens is 1. The van der Waals surface area contributed by atoms with Crippen molar-refractivity contribution in [1.29, 1.82) is 0 Å². The van der Waals surface area contributed by atoms with Gasteiger partial charge < -0.3 is 9.72 Å². The van der Waals surface area contributed by atoms with Crippen molar-refractivity contribution in [2.45, 2.75) is 40.2 Å². The first-order valence-electron chi connectivity index (χ1n) is 12.2. The highest BCUT2D eigenvalue weighted by atomic mass is 19.1. The number of ether oxygens (including phenoxy) is 1. The van der Waals surface area contributed by atoms with E-state index in [4.69, 9.17) is 4.74 Å². The Hall–Kier alpha value is -3.99. The fraction of sp³-hybridized carbons (Fsp3) is 0.226. The lowest BCUT2D eigenvalue weighted by atomic mass is 9.71. The van der Waals surface area contributed by atoms with Gasteiger partial charge in [-0.25, -0.2) is 14.4 Å². The fourth-order valence-corrected chi connectivity index (χ4v) is 4.80. The molecule has 0 aliphatic rings. The molecule has 0 radical (unpaired) electrons. The van der Waals surface area contributed by atoms with E-state index in [1.54, 1.807) is 6.07 Å². The average molecular weight is 480 g/mol. The number of benzene rings is 3. The monoisotopic (exact) mass is 479 g/mol. The van der Waals surface area contributed by atoms with Crippen molar-refractivity contribution >= 4 is 10.9 Å². The lowest BCUT2D eigenvalue weighted by Gasteiger charge is -2.33. The second kappa shape index (κ2) is 9.57. The van der Waals surface area contributed by atoms with Crippen molar-refractivity contribution in [3.05, 3.63) is 113 Å². The second-order valence-electron chi connectivity index (χ2n) is 10.3. The zero-order valence-electron chi connectivity index (χ0n) is 21.0. The Balaban J connectivity index is 1.52. The van der Waals surface area contributed by atoms with Crippen LogP contribution in [0.3, 0.4) is 0 Å². The summed E-state index contributed by atoms with van der Waals surface area (Å²) in [5, 5.41) is 0.773. The Morgan fingerprint density at radius 1 is 0.944 bits per heavy atom. The first-order chi connectivity index (χ1) is 17.3. The van der Waals surface area contributed by atoms with Gasteiger partial charge in [-0.05, 0) is 65.9 Å². The van der Waals surface area contributed by atoms with E-state index in [9.17, 15) is 4.39 Å². The molecule has 36 heavy (non-hydrogen) atoms. The fourth-order valence-electron chi connectivity index (χ4n) is 4.80. The van der Waals surface area contributed by atoms with Crippen LogP contribution < -0.4 is 4.74 Å². The summed E-state index contributed by atoms with van der Waals surface area (Å²) in [6, 6.07) is 25.2. The normalized spacial score (nSPS) is 12.6. The third kappa shape index (κ3) is 5.01. The van der Waals surface area contributed by atoms with Crippen molar-refractivity contribution in [3.63, 3.8) is 0 Å². The molecular weight excluding hydrogens is 449 g/mol. The largest absolute Gasteiger partial charge is 0.487 e. The Morgan fingerprint density at radius 3 is 2.47 bits per heavy atom. The minimum Gasteiger partial charge on any atom is -0.487 e. The van der Waals surface area contributed by atoms with Gasteiger partial charge in [-0.15, -0.1) is 0 Å². The van der Waals surface area contributed by atoms with Gasteiger partial charge >= 0.3 is 0 Å². The van der Waals surface area contributed by atoms with Gasteiger partial charge in [0.05, 0.1) is 11.2 Å². The molecule has 0 aliphatic heterocycles. The van der Waals surface area contributed by atoms with Gasteiger partial charge in [-0.2, -0.15) is 0 Å². The topological polar surface area (TPSA) is 50.8 Å². The Kier molecular flexibility index (Phi) is 6.31. The molecule has 0 amide bonds. The van der Waals surface area contributed by atoms with E-state index in [0.29, 0.717) is 6.61 Å². The number of aromatic amines is 1. The van der Waals surface area contributed by atoms with Gasteiger partial charge in [0.1, 0.15) is 24.0 Å². The number of nitrogens with zero attached hydrogens (tertiary/aromatic N) is 2. The molecule has 182 valence electrons. The molecule has 0 aliphatic carbocycles. The molecule has 5 aromatic rings. The van der Waals surface area contributed by atoms with Crippen LogP contribution in [0.15, 0.2) is 85.1 Å². The summed E-state index contributed by atoms with van der Waals surface area (Å²) >= 11 is 0. The van der Waals surface area contributed by atoms with Gasteiger partial charge in [0.2, 0.25) is 0 Å². The quantitative estimate of drug-likeness (QED) is 0.270. The molecule has 1 unspecified atom stereocenters. The first-order valence-corrected chi connectivity index (χ1v) is 12.2. The Bertz CT molecular complexity index is 1500. The number of hydrogen-bond donors (Lipinski definition) is 1. The second-order valence-corrected chi connectivity index (χ2v) is 10.3. The van der Waals surface area contributed by atoms with E-state index >= 15 is 0 Å². The lowest BCUT2D eigenvalue weighted by molar-refractivity contribution is 0.300. The van der Waals surface area contributed by atoms with Gasteiger partial charge in [0, 0.05) is 28.8 Å². The van der Waals surface area contributed by atoms with Gasteiger partial charge in [-0.3, -0.25) is 0 Å². The zero-order valence-corrected chi connectivity index (χ0v) is 21.0. The number of rotatable bonds is 6. The molecule has 4 nitrogen and oxygen atoms in total. The molecule has 0 bridgehead atoms. The number of halogens is 1. The van der Waals surface area contributed by atoms with Gasteiger partial charge in [0.25, 0.3) is 0 Å². The van der Waals surface area contributed by atoms with E-state index < -0.39 is 0 Å². The van der Waals surface area contributed by atoms with Gasteiger partial charge in [0.15, 0.2) is 0 Å². The maximum absolute atomic E-state index is 13.5. The molecule has 1 N–H and O–H groups in total. The third-order valence-electron chi connectivity index (χ3n) is 6.39. The lowest BCUT2D eigenvalue weighted by Crippen LogP contribution is -2.20. The molecule has 3 aromatic carbocycles. The molecule has 0 spiro atoms. The molecule has 2 aromatic heterocycles. The number of aromatic nitrogens is 3. The summed E-state index contributed by atoms with van der Waals surface area (Å²) < 4.78 is 19.7. The molecule has 0 saturated heterocycles. The number of pyridine rings is 1. The van der Waals surface area contributed by atoms with E-state index in [1.807, 2.05) is 37.4 Å². The summed E-state index contributed by atoms with van der Waals surface area (Å²) in [7, 11) is 0. The highest BCUT2D eigenvalue weighted by Gasteiger charge is 2.31. The molecule has 2 heterocycles. The van der Waals surface area contributed by atoms with Crippen LogP contribution in [-0.4, -0.2) is 15.0 Å². The number of imidazole rings is 1. The van der Waals surface area contributed by atoms with E-state index in [2.05, 4.69) is 72.1 Å². The molecule has 0 fully saturated rings. The van der Waals surface area contributed by atoms with E-state index in [1.165, 1.54) is 17.7 Å². The molecular formula is C31H30FN3O. The Labute approximate surface area is 211 Å². The van der Waals surface area contributed by atoms with Crippen molar-refractivity contribution in [2.75, 3.05) is 0 Å². The van der Waals surface area contributed by atoms with Crippen LogP contribution in [0.5, 0.6) is 5.75 Å². The zero-order chi connectivity index (χ0) is 25.3. The summed E-state index contributed by atoms with van der Waals surface area (Å²) in [5.74, 6) is 1.47. The number of aryl methyl sites for hydroxylation is 1. The summed E-state index contributed by atoms with van der Waals surface area (Å²) in [4.78, 5) is 12.7. The van der Waals surface area contributed by atoms with Crippen LogP contribution in [-0.2, 0) is 6.61 Å². The predicted octanol–water partition coefficient (Wildman–Crippen LogP) is 7.83. The summed E-state index contributed by atoms with van der Waals surface area (Å²) in [6.45, 7) is 9.11. The van der Waals surface area contributed by atoms with Crippen LogP contribution in [0.2, 0.25) is 0 Å². The number of hydrogen-bond acceptors (Lipinski definition) is 3. The molecule has 1 atom stereocenters. The van der Waals surface area contributed by atoms with Crippen molar-refractivity contribution in [2.24, 2.45) is 5.41 Å². The van der Waals surface area contributed by atoms with Crippen molar-refractivity contribution in [1.82, 2.24) is 15.0 Å². The minimum atomic E-state index is -0.264. The highest BCUT2D eigenvalue weighted by Crippen LogP contribution is 2.45. The van der Waals surface area contributed by atoms with Crippen LogP contribution in [0, 0.1) is 18.2 Å². The molecule has 0 saturated carbocycles. The first kappa shape index (κ1) is 23.7. The average Bonchev–Trinajstić information content (AvgIpc) is 3.28. The van der Waals surface area contributed by atoms with Crippen LogP contribution >= 0.6 is 0 Å². The summed E-state index contributed by atoms with van der Waals surface area (Å²) in [5.41, 5.74) is 5.97. The predicted molar refractivity (Wildman–Crippen MR) is 143 cm³/mol. The minimum absolute atomic E-state index is 0.0501. The van der Waals surface area contributed by atoms with Crippen molar-refractivity contribution < 1.29 is 9.13 Å². The Morgan fingerprint density at radius 2 is 1.75 bits per heavy atom. The molecule has 5 heteroatoms. The maximum atomic E-state index is 13.5. The van der Waals surface area contributed by atoms with E-state index in [0.717, 1.165) is 45.0 Å². The van der Waals surface area contributed by atoms with Crippen LogP contribution in [0.1, 0.15) is 49.2 Å².